The van der Waals surface area contributed by atoms with Crippen LogP contribution < -0.4 is 0 Å². The summed E-state index contributed by atoms with van der Waals surface area (Å²) in [6.07, 6.45) is 1.42. The summed E-state index contributed by atoms with van der Waals surface area (Å²) in [4.78, 5) is 0.392. The second-order valence-corrected chi connectivity index (χ2v) is 5.40. The van der Waals surface area contributed by atoms with Gasteiger partial charge >= 0.3 is 0 Å². The van der Waals surface area contributed by atoms with Gasteiger partial charge in [-0.25, -0.2) is 0 Å². The van der Waals surface area contributed by atoms with E-state index in [2.05, 4.69) is 15.9 Å². The minimum absolute atomic E-state index is 0.119. The fraction of sp³-hybridized carbons (Fsp3) is 1.00. The summed E-state index contributed by atoms with van der Waals surface area (Å²) in [7, 11) is 1.67. The van der Waals surface area contributed by atoms with E-state index in [0.717, 1.165) is 13.0 Å². The Hall–Kier alpha value is 0.320. The van der Waals surface area contributed by atoms with Gasteiger partial charge in [0.05, 0.1) is 38.1 Å². The van der Waals surface area contributed by atoms with E-state index in [1.165, 1.54) is 0 Å². The van der Waals surface area contributed by atoms with Crippen LogP contribution in [0, 0.1) is 0 Å². The smallest absolute Gasteiger partial charge is 0.0963 e. The van der Waals surface area contributed by atoms with Crippen molar-refractivity contribution in [3.8, 4) is 0 Å². The summed E-state index contributed by atoms with van der Waals surface area (Å²) in [6.45, 7) is 6.63. The summed E-state index contributed by atoms with van der Waals surface area (Å²) >= 11 is 3.58. The van der Waals surface area contributed by atoms with Crippen molar-refractivity contribution in [2.45, 2.75) is 43.4 Å². The number of alkyl halides is 1. The Labute approximate surface area is 112 Å². The molecule has 1 rings (SSSR count). The van der Waals surface area contributed by atoms with Crippen LogP contribution in [0.2, 0.25) is 0 Å². The van der Waals surface area contributed by atoms with E-state index >= 15 is 0 Å². The molecule has 4 unspecified atom stereocenters. The molecule has 0 aliphatic heterocycles. The lowest BCUT2D eigenvalue weighted by molar-refractivity contribution is -0.156. The Balaban J connectivity index is 2.19. The molecule has 1 saturated carbocycles. The minimum atomic E-state index is 0.119. The number of hydrogen-bond donors (Lipinski definition) is 0. The van der Waals surface area contributed by atoms with Gasteiger partial charge in [0.2, 0.25) is 0 Å². The Morgan fingerprint density at radius 1 is 1.35 bits per heavy atom. The number of rotatable bonds is 9. The maximum atomic E-state index is 5.88. The topological polar surface area (TPSA) is 36.9 Å². The van der Waals surface area contributed by atoms with E-state index in [4.69, 9.17) is 18.9 Å². The van der Waals surface area contributed by atoms with Crippen molar-refractivity contribution in [1.82, 2.24) is 0 Å². The van der Waals surface area contributed by atoms with Crippen LogP contribution in [0.15, 0.2) is 0 Å². The first kappa shape index (κ1) is 15.4. The third-order valence-electron chi connectivity index (χ3n) is 2.74. The lowest BCUT2D eigenvalue weighted by atomic mass is 9.91. The SMILES string of the molecule is CCOCC(C)OC1CC(Br)C1OCCOC. The number of halogens is 1. The first-order valence-electron chi connectivity index (χ1n) is 6.16. The highest BCUT2D eigenvalue weighted by atomic mass is 79.9. The average Bonchev–Trinajstić information content (AvgIpc) is 2.31. The van der Waals surface area contributed by atoms with E-state index < -0.39 is 0 Å². The zero-order valence-corrected chi connectivity index (χ0v) is 12.4. The van der Waals surface area contributed by atoms with E-state index in [1.807, 2.05) is 13.8 Å². The molecule has 1 fully saturated rings. The summed E-state index contributed by atoms with van der Waals surface area (Å²) in [6, 6.07) is 0. The lowest BCUT2D eigenvalue weighted by Gasteiger charge is -2.42. The highest BCUT2D eigenvalue weighted by Crippen LogP contribution is 2.33. The van der Waals surface area contributed by atoms with Crippen LogP contribution in [0.3, 0.4) is 0 Å². The average molecular weight is 311 g/mol. The molecule has 0 bridgehead atoms. The third-order valence-corrected chi connectivity index (χ3v) is 3.64. The molecule has 4 atom stereocenters. The Kier molecular flexibility index (Phi) is 7.62. The summed E-state index contributed by atoms with van der Waals surface area (Å²) in [5, 5.41) is 0. The number of ether oxygens (including phenoxy) is 4. The van der Waals surface area contributed by atoms with E-state index in [-0.39, 0.29) is 18.3 Å². The summed E-state index contributed by atoms with van der Waals surface area (Å²) < 4.78 is 21.9. The van der Waals surface area contributed by atoms with E-state index in [0.29, 0.717) is 24.6 Å². The van der Waals surface area contributed by atoms with Gasteiger partial charge in [-0.3, -0.25) is 0 Å². The summed E-state index contributed by atoms with van der Waals surface area (Å²) in [5.74, 6) is 0. The van der Waals surface area contributed by atoms with Crippen LogP contribution in [0.4, 0.5) is 0 Å². The van der Waals surface area contributed by atoms with Gasteiger partial charge in [-0.15, -0.1) is 0 Å². The quantitative estimate of drug-likeness (QED) is 0.482. The second-order valence-electron chi connectivity index (χ2n) is 4.22. The Morgan fingerprint density at radius 3 is 2.71 bits per heavy atom. The van der Waals surface area contributed by atoms with Gasteiger partial charge in [-0.2, -0.15) is 0 Å². The second kappa shape index (κ2) is 8.43. The van der Waals surface area contributed by atoms with Gasteiger partial charge < -0.3 is 18.9 Å². The maximum absolute atomic E-state index is 5.88. The van der Waals surface area contributed by atoms with E-state index in [1.54, 1.807) is 7.11 Å². The van der Waals surface area contributed by atoms with Gasteiger partial charge in [0.15, 0.2) is 0 Å². The zero-order valence-electron chi connectivity index (χ0n) is 10.9. The highest BCUT2D eigenvalue weighted by Gasteiger charge is 2.42. The van der Waals surface area contributed by atoms with Crippen LogP contribution in [-0.2, 0) is 18.9 Å². The molecule has 0 aromatic heterocycles. The molecule has 0 spiro atoms. The number of methoxy groups -OCH3 is 1. The fourth-order valence-corrected chi connectivity index (χ4v) is 2.62. The van der Waals surface area contributed by atoms with Crippen molar-refractivity contribution in [1.29, 1.82) is 0 Å². The van der Waals surface area contributed by atoms with Crippen molar-refractivity contribution < 1.29 is 18.9 Å². The normalized spacial score (nSPS) is 30.0. The Morgan fingerprint density at radius 2 is 2.12 bits per heavy atom. The lowest BCUT2D eigenvalue weighted by Crippen LogP contribution is -2.52. The maximum Gasteiger partial charge on any atom is 0.0963 e. The number of hydrogen-bond acceptors (Lipinski definition) is 4. The monoisotopic (exact) mass is 310 g/mol. The molecule has 4 nitrogen and oxygen atoms in total. The standard InChI is InChI=1S/C12H23BrO4/c1-4-15-8-9(2)17-11-7-10(13)12(11)16-6-5-14-3/h9-12H,4-8H2,1-3H3. The molecule has 5 heteroatoms. The third kappa shape index (κ3) is 5.22. The molecule has 102 valence electrons. The van der Waals surface area contributed by atoms with Crippen LogP contribution in [0.1, 0.15) is 20.3 Å². The van der Waals surface area contributed by atoms with Crippen LogP contribution >= 0.6 is 15.9 Å². The first-order chi connectivity index (χ1) is 8.19. The zero-order chi connectivity index (χ0) is 12.7. The van der Waals surface area contributed by atoms with Crippen molar-refractivity contribution in [2.24, 2.45) is 0 Å². The minimum Gasteiger partial charge on any atom is -0.382 e. The van der Waals surface area contributed by atoms with E-state index in [9.17, 15) is 0 Å². The molecule has 17 heavy (non-hydrogen) atoms. The molecule has 0 saturated heterocycles. The van der Waals surface area contributed by atoms with Crippen molar-refractivity contribution >= 4 is 15.9 Å². The molecule has 0 radical (unpaired) electrons. The van der Waals surface area contributed by atoms with Crippen LogP contribution in [-0.4, -0.2) is 56.7 Å². The van der Waals surface area contributed by atoms with Gasteiger partial charge in [0.1, 0.15) is 0 Å². The molecule has 0 aromatic rings. The van der Waals surface area contributed by atoms with Crippen LogP contribution in [0.5, 0.6) is 0 Å². The fourth-order valence-electron chi connectivity index (χ4n) is 1.76. The van der Waals surface area contributed by atoms with Crippen molar-refractivity contribution in [3.05, 3.63) is 0 Å². The molecule has 0 amide bonds. The van der Waals surface area contributed by atoms with Gasteiger partial charge in [-0.05, 0) is 20.3 Å². The predicted octanol–water partition coefficient (Wildman–Crippen LogP) is 2.00. The molecular formula is C12H23BrO4. The molecular weight excluding hydrogens is 288 g/mol. The van der Waals surface area contributed by atoms with Gasteiger partial charge in [0.25, 0.3) is 0 Å². The largest absolute Gasteiger partial charge is 0.382 e. The molecule has 0 heterocycles. The van der Waals surface area contributed by atoms with Crippen molar-refractivity contribution in [2.75, 3.05) is 33.5 Å². The Bertz CT molecular complexity index is 203. The molecule has 0 aromatic carbocycles. The molecule has 1 aliphatic rings. The molecule has 0 N–H and O–H groups in total. The predicted molar refractivity (Wildman–Crippen MR) is 69.8 cm³/mol. The van der Waals surface area contributed by atoms with Crippen LogP contribution in [0.25, 0.3) is 0 Å². The highest BCUT2D eigenvalue weighted by molar-refractivity contribution is 9.09. The van der Waals surface area contributed by atoms with Crippen molar-refractivity contribution in [3.63, 3.8) is 0 Å². The summed E-state index contributed by atoms with van der Waals surface area (Å²) in [5.41, 5.74) is 0. The van der Waals surface area contributed by atoms with Gasteiger partial charge in [0, 0.05) is 18.5 Å². The molecule has 1 aliphatic carbocycles. The first-order valence-corrected chi connectivity index (χ1v) is 7.08. The van der Waals surface area contributed by atoms with Gasteiger partial charge in [-0.1, -0.05) is 15.9 Å².